The summed E-state index contributed by atoms with van der Waals surface area (Å²) in [6.45, 7) is 6.69. The van der Waals surface area contributed by atoms with Crippen molar-refractivity contribution in [3.8, 4) is 0 Å². The van der Waals surface area contributed by atoms with Crippen LogP contribution in [0.25, 0.3) is 0 Å². The van der Waals surface area contributed by atoms with Crippen molar-refractivity contribution in [1.29, 1.82) is 0 Å². The molecule has 0 saturated carbocycles. The molecule has 0 aromatic rings. The van der Waals surface area contributed by atoms with Crippen molar-refractivity contribution in [1.82, 2.24) is 10.6 Å². The zero-order valence-corrected chi connectivity index (χ0v) is 18.9. The first kappa shape index (κ1) is 30.3. The van der Waals surface area contributed by atoms with E-state index in [1.165, 1.54) is 6.92 Å². The molecule has 0 saturated heterocycles. The van der Waals surface area contributed by atoms with Gasteiger partial charge in [0.2, 0.25) is 0 Å². The van der Waals surface area contributed by atoms with Crippen LogP contribution in [-0.2, 0) is 4.79 Å². The summed E-state index contributed by atoms with van der Waals surface area (Å²) >= 11 is 0. The molecule has 3 unspecified atom stereocenters. The van der Waals surface area contributed by atoms with Crippen LogP contribution in [0.5, 0.6) is 0 Å². The van der Waals surface area contributed by atoms with Gasteiger partial charge in [-0.25, -0.2) is 0 Å². The molecule has 5 nitrogen and oxygen atoms in total. The fourth-order valence-electron chi connectivity index (χ4n) is 3.13. The van der Waals surface area contributed by atoms with E-state index >= 15 is 0 Å². The minimum atomic E-state index is -4.88. The van der Waals surface area contributed by atoms with Gasteiger partial charge in [0, 0.05) is 24.6 Å². The number of nitrogens with zero attached hydrogens (tertiary/aromatic N) is 1. The average molecular weight is 474 g/mol. The third-order valence-corrected chi connectivity index (χ3v) is 4.95. The molecule has 0 amide bonds. The Balaban J connectivity index is 5.96. The Bertz CT molecular complexity index is 671. The van der Waals surface area contributed by atoms with Crippen LogP contribution in [0, 0.1) is 5.92 Å². The molecular weight excluding hydrogens is 440 g/mol. The zero-order valence-electron chi connectivity index (χ0n) is 18.9. The maximum atomic E-state index is 12.8. The molecule has 0 heterocycles. The summed E-state index contributed by atoms with van der Waals surface area (Å²) in [7, 11) is 1.56. The summed E-state index contributed by atoms with van der Waals surface area (Å²) < 4.78 is 76.2. The van der Waals surface area contributed by atoms with Crippen molar-refractivity contribution < 1.29 is 36.2 Å². The fraction of sp³-hybridized carbons (Fsp3) is 0.714. The first-order chi connectivity index (χ1) is 14.7. The summed E-state index contributed by atoms with van der Waals surface area (Å²) in [6, 6.07) is -2.21. The topological polar surface area (TPSA) is 73.7 Å². The van der Waals surface area contributed by atoms with Crippen LogP contribution in [-0.4, -0.2) is 67.8 Å². The van der Waals surface area contributed by atoms with Crippen LogP contribution < -0.4 is 10.6 Å². The number of halogens is 6. The van der Waals surface area contributed by atoms with Crippen molar-refractivity contribution in [2.75, 3.05) is 20.1 Å². The molecule has 0 rings (SSSR count). The van der Waals surface area contributed by atoms with Gasteiger partial charge >= 0.3 is 12.4 Å². The lowest BCUT2D eigenvalue weighted by Crippen LogP contribution is -2.40. The SMILES string of the molecule is C/C=C\C(CCC(F)(F)F)C(NC)/C(CNCC)=C(\C)C(=O)/C=N\[C@H](C)C(O)C(F)(F)F. The van der Waals surface area contributed by atoms with E-state index in [-0.39, 0.29) is 18.5 Å². The number of aliphatic hydroxyl groups is 1. The molecule has 0 aromatic carbocycles. The summed E-state index contributed by atoms with van der Waals surface area (Å²) in [5.74, 6) is -1.26. The van der Waals surface area contributed by atoms with E-state index in [0.717, 1.165) is 6.92 Å². The highest BCUT2D eigenvalue weighted by Crippen LogP contribution is 2.29. The number of Topliss-reactive ketones (excluding diaryl/α,β-unsaturated/α-hetero) is 1. The number of carbonyl (C=O) groups is 1. The monoisotopic (exact) mass is 473 g/mol. The Morgan fingerprint density at radius 2 is 1.78 bits per heavy atom. The minimum absolute atomic E-state index is 0.157. The Labute approximate surface area is 185 Å². The number of carbonyl (C=O) groups excluding carboxylic acids is 1. The third-order valence-electron chi connectivity index (χ3n) is 4.95. The second-order valence-corrected chi connectivity index (χ2v) is 7.41. The molecule has 0 aromatic heterocycles. The highest BCUT2D eigenvalue weighted by Gasteiger charge is 2.41. The number of aliphatic imine (C=N–C) groups is 1. The number of nitrogens with one attached hydrogen (secondary N) is 2. The molecule has 3 N–H and O–H groups in total. The van der Waals surface area contributed by atoms with Gasteiger partial charge in [0.1, 0.15) is 0 Å². The van der Waals surface area contributed by atoms with Gasteiger partial charge in [0.05, 0.1) is 12.3 Å². The van der Waals surface area contributed by atoms with Gasteiger partial charge in [-0.15, -0.1) is 0 Å². The van der Waals surface area contributed by atoms with E-state index in [1.807, 2.05) is 6.92 Å². The van der Waals surface area contributed by atoms with Gasteiger partial charge in [0.15, 0.2) is 11.9 Å². The quantitative estimate of drug-likeness (QED) is 0.164. The number of aliphatic hydroxyl groups excluding tert-OH is 1. The average Bonchev–Trinajstić information content (AvgIpc) is 2.70. The van der Waals surface area contributed by atoms with Crippen molar-refractivity contribution >= 4 is 12.0 Å². The molecule has 0 spiro atoms. The summed E-state index contributed by atoms with van der Waals surface area (Å²) in [4.78, 5) is 16.1. The number of rotatable bonds is 13. The molecule has 0 bridgehead atoms. The maximum absolute atomic E-state index is 12.8. The van der Waals surface area contributed by atoms with Crippen LogP contribution in [0.2, 0.25) is 0 Å². The predicted octanol–water partition coefficient (Wildman–Crippen LogP) is 3.99. The lowest BCUT2D eigenvalue weighted by atomic mass is 9.85. The van der Waals surface area contributed by atoms with Gasteiger partial charge in [0.25, 0.3) is 0 Å². The number of ketones is 1. The predicted molar refractivity (Wildman–Crippen MR) is 113 cm³/mol. The van der Waals surface area contributed by atoms with Crippen molar-refractivity contribution in [2.24, 2.45) is 10.9 Å². The third kappa shape index (κ3) is 10.7. The maximum Gasteiger partial charge on any atom is 0.416 e. The Morgan fingerprint density at radius 1 is 1.19 bits per heavy atom. The largest absolute Gasteiger partial charge is 0.416 e. The lowest BCUT2D eigenvalue weighted by Gasteiger charge is -2.29. The molecule has 0 aliphatic heterocycles. The smallest absolute Gasteiger partial charge is 0.382 e. The number of hydrogen-bond donors (Lipinski definition) is 3. The van der Waals surface area contributed by atoms with Gasteiger partial charge in [-0.2, -0.15) is 26.3 Å². The van der Waals surface area contributed by atoms with E-state index in [2.05, 4.69) is 15.6 Å². The van der Waals surface area contributed by atoms with E-state index in [4.69, 9.17) is 0 Å². The van der Waals surface area contributed by atoms with Gasteiger partial charge in [-0.05, 0) is 52.3 Å². The Kier molecular flexibility index (Phi) is 13.0. The molecule has 186 valence electrons. The minimum Gasteiger partial charge on any atom is -0.382 e. The van der Waals surface area contributed by atoms with Crippen LogP contribution in [0.15, 0.2) is 28.3 Å². The van der Waals surface area contributed by atoms with Crippen molar-refractivity contribution in [2.45, 2.75) is 71.1 Å². The van der Waals surface area contributed by atoms with Crippen LogP contribution in [0.4, 0.5) is 26.3 Å². The standard InChI is InChI=1S/C21H33F6N3O2/c1-6-8-15(9-10-20(22,23)24)18(28-5)16(11-29-7-2)13(3)17(31)12-30-14(4)19(32)21(25,26)27/h6,8,12,14-15,18-19,28-29,32H,7,9-11H2,1-5H3/b8-6-,16-13+,30-12-/t14-,15?,18?,19?/m1/s1. The highest BCUT2D eigenvalue weighted by atomic mass is 19.4. The molecule has 0 radical (unpaired) electrons. The van der Waals surface area contributed by atoms with E-state index < -0.39 is 48.7 Å². The first-order valence-corrected chi connectivity index (χ1v) is 10.3. The van der Waals surface area contributed by atoms with Gasteiger partial charge in [-0.3, -0.25) is 9.79 Å². The molecule has 11 heteroatoms. The number of allylic oxidation sites excluding steroid dienone is 2. The van der Waals surface area contributed by atoms with E-state index in [1.54, 1.807) is 26.1 Å². The van der Waals surface area contributed by atoms with Crippen molar-refractivity contribution in [3.63, 3.8) is 0 Å². The zero-order chi connectivity index (χ0) is 25.1. The summed E-state index contributed by atoms with van der Waals surface area (Å²) in [5, 5.41) is 15.2. The molecule has 4 atom stereocenters. The second kappa shape index (κ2) is 13.7. The number of likely N-dealkylation sites (N-methyl/N-ethyl adjacent to an activating group) is 2. The Morgan fingerprint density at radius 3 is 2.22 bits per heavy atom. The van der Waals surface area contributed by atoms with Crippen LogP contribution in [0.3, 0.4) is 0 Å². The normalized spacial score (nSPS) is 18.0. The van der Waals surface area contributed by atoms with Crippen LogP contribution in [0.1, 0.15) is 40.5 Å². The number of alkyl halides is 6. The van der Waals surface area contributed by atoms with Crippen LogP contribution >= 0.6 is 0 Å². The fourth-order valence-corrected chi connectivity index (χ4v) is 3.13. The first-order valence-electron chi connectivity index (χ1n) is 10.3. The summed E-state index contributed by atoms with van der Waals surface area (Å²) in [6.07, 6.45) is -9.17. The molecule has 32 heavy (non-hydrogen) atoms. The van der Waals surface area contributed by atoms with Gasteiger partial charge < -0.3 is 15.7 Å². The lowest BCUT2D eigenvalue weighted by molar-refractivity contribution is -0.207. The van der Waals surface area contributed by atoms with Crippen molar-refractivity contribution in [3.05, 3.63) is 23.3 Å². The van der Waals surface area contributed by atoms with Gasteiger partial charge in [-0.1, -0.05) is 19.1 Å². The Hall–Kier alpha value is -1.72. The summed E-state index contributed by atoms with van der Waals surface area (Å²) in [5.41, 5.74) is 0.643. The molecule has 0 aliphatic carbocycles. The molecule has 0 fully saturated rings. The highest BCUT2D eigenvalue weighted by molar-refractivity contribution is 6.35. The molecule has 0 aliphatic rings. The van der Waals surface area contributed by atoms with E-state index in [0.29, 0.717) is 18.3 Å². The van der Waals surface area contributed by atoms with E-state index in [9.17, 15) is 36.2 Å². The second-order valence-electron chi connectivity index (χ2n) is 7.41. The number of hydrogen-bond acceptors (Lipinski definition) is 5. The molecular formula is C21H33F6N3O2.